The first-order valence-electron chi connectivity index (χ1n) is 3.69. The molecule has 0 amide bonds. The number of hydrogen-bond acceptors (Lipinski definition) is 3. The van der Waals surface area contributed by atoms with Crippen LogP contribution in [0.4, 0.5) is 13.2 Å². The minimum absolute atomic E-state index is 0.0220. The topological polar surface area (TPSA) is 70.6 Å². The van der Waals surface area contributed by atoms with Crippen molar-refractivity contribution in [3.8, 4) is 0 Å². The average molecular weight is 199 g/mol. The van der Waals surface area contributed by atoms with E-state index in [0.717, 1.165) is 0 Å². The summed E-state index contributed by atoms with van der Waals surface area (Å²) in [5, 5.41) is 13.0. The first-order valence-corrected chi connectivity index (χ1v) is 3.69. The van der Waals surface area contributed by atoms with Gasteiger partial charge in [0.1, 0.15) is 5.84 Å². The molecular formula is C6H12F3N3O. The number of amidine groups is 1. The molecule has 0 unspecified atom stereocenters. The van der Waals surface area contributed by atoms with Crippen molar-refractivity contribution < 1.29 is 18.4 Å². The van der Waals surface area contributed by atoms with Crippen LogP contribution in [0.2, 0.25) is 0 Å². The molecule has 0 aliphatic rings. The summed E-state index contributed by atoms with van der Waals surface area (Å²) in [6.45, 7) is -0.821. The number of nitrogens with one attached hydrogen (secondary N) is 1. The maximum atomic E-state index is 11.6. The zero-order valence-corrected chi connectivity index (χ0v) is 6.93. The molecule has 0 bridgehead atoms. The van der Waals surface area contributed by atoms with Gasteiger partial charge >= 0.3 is 6.18 Å². The Balaban J connectivity index is 3.28. The number of oxime groups is 1. The van der Waals surface area contributed by atoms with Gasteiger partial charge in [-0.3, -0.25) is 0 Å². The van der Waals surface area contributed by atoms with Gasteiger partial charge in [-0.25, -0.2) is 0 Å². The molecule has 0 atom stereocenters. The van der Waals surface area contributed by atoms with Gasteiger partial charge in [0.15, 0.2) is 0 Å². The molecule has 0 aromatic carbocycles. The molecule has 13 heavy (non-hydrogen) atoms. The average Bonchev–Trinajstić information content (AvgIpc) is 2.01. The standard InChI is InChI=1S/C6H12F3N3O/c7-6(8,9)4-11-3-1-2-5(10)12-13/h11,13H,1-4H2,(H2,10,12). The van der Waals surface area contributed by atoms with Gasteiger partial charge in [0, 0.05) is 6.42 Å². The van der Waals surface area contributed by atoms with E-state index in [1.165, 1.54) is 0 Å². The van der Waals surface area contributed by atoms with Gasteiger partial charge in [-0.2, -0.15) is 13.2 Å². The third-order valence-electron chi connectivity index (χ3n) is 1.24. The van der Waals surface area contributed by atoms with Crippen molar-refractivity contribution in [2.45, 2.75) is 19.0 Å². The molecule has 0 aromatic heterocycles. The highest BCUT2D eigenvalue weighted by atomic mass is 19.4. The maximum Gasteiger partial charge on any atom is 0.401 e. The lowest BCUT2D eigenvalue weighted by atomic mass is 10.3. The minimum Gasteiger partial charge on any atom is -0.409 e. The Kier molecular flexibility index (Phi) is 5.20. The van der Waals surface area contributed by atoms with Crippen molar-refractivity contribution in [2.75, 3.05) is 13.1 Å². The Bertz CT molecular complexity index is 169. The van der Waals surface area contributed by atoms with Crippen molar-refractivity contribution >= 4 is 5.84 Å². The van der Waals surface area contributed by atoms with Crippen LogP contribution in [0.5, 0.6) is 0 Å². The fourth-order valence-electron chi connectivity index (χ4n) is 0.675. The van der Waals surface area contributed by atoms with Gasteiger partial charge in [-0.15, -0.1) is 0 Å². The zero-order chi connectivity index (χ0) is 10.3. The number of nitrogens with zero attached hydrogens (tertiary/aromatic N) is 1. The van der Waals surface area contributed by atoms with Crippen LogP contribution in [-0.4, -0.2) is 30.3 Å². The van der Waals surface area contributed by atoms with E-state index in [-0.39, 0.29) is 18.8 Å². The molecule has 0 fully saturated rings. The highest BCUT2D eigenvalue weighted by Gasteiger charge is 2.25. The Morgan fingerprint density at radius 2 is 2.08 bits per heavy atom. The van der Waals surface area contributed by atoms with Crippen LogP contribution >= 0.6 is 0 Å². The normalized spacial score (nSPS) is 13.3. The summed E-state index contributed by atoms with van der Waals surface area (Å²) in [5.41, 5.74) is 5.09. The maximum absolute atomic E-state index is 11.6. The SMILES string of the molecule is NC(CCCNCC(F)(F)F)=NO. The lowest BCUT2D eigenvalue weighted by Crippen LogP contribution is -2.29. The van der Waals surface area contributed by atoms with Crippen LogP contribution < -0.4 is 11.1 Å². The monoisotopic (exact) mass is 199 g/mol. The van der Waals surface area contributed by atoms with Crippen LogP contribution in [0.3, 0.4) is 0 Å². The summed E-state index contributed by atoms with van der Waals surface area (Å²) >= 11 is 0. The molecule has 0 heterocycles. The molecule has 4 nitrogen and oxygen atoms in total. The number of halogens is 3. The Hall–Kier alpha value is -0.980. The molecule has 0 aliphatic heterocycles. The second-order valence-corrected chi connectivity index (χ2v) is 2.49. The molecule has 0 radical (unpaired) electrons. The molecule has 0 aliphatic carbocycles. The summed E-state index contributed by atoms with van der Waals surface area (Å²) in [6, 6.07) is 0. The van der Waals surface area contributed by atoms with Crippen molar-refractivity contribution in [1.82, 2.24) is 5.32 Å². The van der Waals surface area contributed by atoms with Gasteiger partial charge in [0.2, 0.25) is 0 Å². The number of hydrogen-bond donors (Lipinski definition) is 3. The summed E-state index contributed by atoms with van der Waals surface area (Å²) in [5.74, 6) is 0.0220. The van der Waals surface area contributed by atoms with E-state index in [0.29, 0.717) is 6.42 Å². The van der Waals surface area contributed by atoms with Gasteiger partial charge in [0.25, 0.3) is 0 Å². The fourth-order valence-corrected chi connectivity index (χ4v) is 0.675. The molecule has 4 N–H and O–H groups in total. The van der Waals surface area contributed by atoms with Gasteiger partial charge < -0.3 is 16.3 Å². The number of alkyl halides is 3. The highest BCUT2D eigenvalue weighted by Crippen LogP contribution is 2.11. The molecule has 0 saturated heterocycles. The zero-order valence-electron chi connectivity index (χ0n) is 6.93. The first kappa shape index (κ1) is 12.0. The molecule has 78 valence electrons. The van der Waals surface area contributed by atoms with Crippen molar-refractivity contribution in [1.29, 1.82) is 0 Å². The minimum atomic E-state index is -4.18. The van der Waals surface area contributed by atoms with Crippen molar-refractivity contribution in [2.24, 2.45) is 10.9 Å². The Morgan fingerprint density at radius 1 is 1.46 bits per heavy atom. The summed E-state index contributed by atoms with van der Waals surface area (Å²) in [6.07, 6.45) is -3.50. The van der Waals surface area contributed by atoms with Gasteiger partial charge in [0.05, 0.1) is 6.54 Å². The number of rotatable bonds is 5. The van der Waals surface area contributed by atoms with E-state index in [1.807, 2.05) is 0 Å². The fraction of sp³-hybridized carbons (Fsp3) is 0.833. The lowest BCUT2D eigenvalue weighted by molar-refractivity contribution is -0.124. The lowest BCUT2D eigenvalue weighted by Gasteiger charge is -2.07. The largest absolute Gasteiger partial charge is 0.409 e. The van der Waals surface area contributed by atoms with Crippen molar-refractivity contribution in [3.63, 3.8) is 0 Å². The highest BCUT2D eigenvalue weighted by molar-refractivity contribution is 5.79. The Morgan fingerprint density at radius 3 is 2.54 bits per heavy atom. The van der Waals surface area contributed by atoms with E-state index in [1.54, 1.807) is 0 Å². The van der Waals surface area contributed by atoms with Gasteiger partial charge in [-0.1, -0.05) is 5.16 Å². The Labute approximate surface area is 73.6 Å². The second-order valence-electron chi connectivity index (χ2n) is 2.49. The van der Waals surface area contributed by atoms with E-state index >= 15 is 0 Å². The van der Waals surface area contributed by atoms with Crippen LogP contribution in [0.15, 0.2) is 5.16 Å². The van der Waals surface area contributed by atoms with E-state index in [2.05, 4.69) is 10.5 Å². The van der Waals surface area contributed by atoms with Crippen LogP contribution in [0, 0.1) is 0 Å². The van der Waals surface area contributed by atoms with Crippen molar-refractivity contribution in [3.05, 3.63) is 0 Å². The summed E-state index contributed by atoms with van der Waals surface area (Å²) < 4.78 is 34.7. The van der Waals surface area contributed by atoms with Crippen LogP contribution in [0.25, 0.3) is 0 Å². The molecule has 7 heteroatoms. The molecule has 0 rings (SSSR count). The second kappa shape index (κ2) is 5.63. The van der Waals surface area contributed by atoms with E-state index in [9.17, 15) is 13.2 Å². The van der Waals surface area contributed by atoms with Crippen LogP contribution in [-0.2, 0) is 0 Å². The predicted molar refractivity (Wildman–Crippen MR) is 41.6 cm³/mol. The van der Waals surface area contributed by atoms with E-state index in [4.69, 9.17) is 10.9 Å². The molecule has 0 aromatic rings. The van der Waals surface area contributed by atoms with E-state index < -0.39 is 12.7 Å². The van der Waals surface area contributed by atoms with Gasteiger partial charge in [-0.05, 0) is 13.0 Å². The molecule has 0 spiro atoms. The summed E-state index contributed by atoms with van der Waals surface area (Å²) in [7, 11) is 0. The quantitative estimate of drug-likeness (QED) is 0.200. The van der Waals surface area contributed by atoms with Crippen LogP contribution in [0.1, 0.15) is 12.8 Å². The third-order valence-corrected chi connectivity index (χ3v) is 1.24. The summed E-state index contributed by atoms with van der Waals surface area (Å²) in [4.78, 5) is 0. The first-order chi connectivity index (χ1) is 5.95. The smallest absolute Gasteiger partial charge is 0.401 e. The molecule has 0 saturated carbocycles. The third kappa shape index (κ3) is 8.93. The predicted octanol–water partition coefficient (Wildman–Crippen LogP) is 0.665. The number of nitrogens with two attached hydrogens (primary N) is 1. The molecular weight excluding hydrogens is 187 g/mol.